The summed E-state index contributed by atoms with van der Waals surface area (Å²) in [6.45, 7) is 1.97. The van der Waals surface area contributed by atoms with Crippen molar-refractivity contribution in [1.29, 1.82) is 0 Å². The third-order valence-electron chi connectivity index (χ3n) is 2.69. The predicted octanol–water partition coefficient (Wildman–Crippen LogP) is 0.565. The van der Waals surface area contributed by atoms with Gasteiger partial charge in [-0.25, -0.2) is 8.42 Å². The molecule has 1 heterocycles. The van der Waals surface area contributed by atoms with Crippen molar-refractivity contribution in [3.63, 3.8) is 0 Å². The quantitative estimate of drug-likeness (QED) is 0.794. The van der Waals surface area contributed by atoms with Crippen LogP contribution in [0.5, 0.6) is 0 Å². The average Bonchev–Trinajstić information content (AvgIpc) is 2.39. The maximum Gasteiger partial charge on any atom is 0.155 e. The zero-order chi connectivity index (χ0) is 11.8. The molecule has 1 fully saturated rings. The van der Waals surface area contributed by atoms with Crippen molar-refractivity contribution in [2.75, 3.05) is 16.8 Å². The first kappa shape index (κ1) is 11.4. The molecule has 5 heteroatoms. The summed E-state index contributed by atoms with van der Waals surface area (Å²) in [6.07, 6.45) is -0.814. The average molecular weight is 241 g/mol. The number of nitrogens with one attached hydrogen (secondary N) is 1. The highest BCUT2D eigenvalue weighted by Crippen LogP contribution is 2.18. The lowest BCUT2D eigenvalue weighted by Crippen LogP contribution is -2.31. The maximum atomic E-state index is 11.3. The third kappa shape index (κ3) is 2.54. The van der Waals surface area contributed by atoms with E-state index in [-0.39, 0.29) is 11.5 Å². The highest BCUT2D eigenvalue weighted by molar-refractivity contribution is 7.91. The summed E-state index contributed by atoms with van der Waals surface area (Å²) in [5.74, 6) is -0.140. The van der Waals surface area contributed by atoms with E-state index in [0.717, 1.165) is 11.3 Å². The minimum atomic E-state index is -3.09. The Labute approximate surface area is 95.2 Å². The highest BCUT2D eigenvalue weighted by atomic mass is 32.2. The van der Waals surface area contributed by atoms with Gasteiger partial charge in [-0.05, 0) is 24.6 Å². The molecule has 0 amide bonds. The van der Waals surface area contributed by atoms with Crippen molar-refractivity contribution in [3.05, 3.63) is 29.8 Å². The molecule has 2 atom stereocenters. The molecule has 16 heavy (non-hydrogen) atoms. The fourth-order valence-electron chi connectivity index (χ4n) is 1.92. The second kappa shape index (κ2) is 4.07. The van der Waals surface area contributed by atoms with Gasteiger partial charge in [0.2, 0.25) is 0 Å². The molecule has 0 radical (unpaired) electrons. The lowest BCUT2D eigenvalue weighted by Gasteiger charge is -2.16. The first-order valence-electron chi connectivity index (χ1n) is 5.18. The van der Waals surface area contributed by atoms with Crippen LogP contribution in [0.25, 0.3) is 0 Å². The van der Waals surface area contributed by atoms with Crippen LogP contribution in [-0.4, -0.2) is 37.2 Å². The van der Waals surface area contributed by atoms with E-state index in [9.17, 15) is 13.5 Å². The normalized spacial score (nSPS) is 27.9. The number of hydrogen-bond donors (Lipinski definition) is 2. The molecule has 0 bridgehead atoms. The lowest BCUT2D eigenvalue weighted by molar-refractivity contribution is 0.190. The van der Waals surface area contributed by atoms with Gasteiger partial charge in [0.15, 0.2) is 9.84 Å². The second-order valence-electron chi connectivity index (χ2n) is 4.26. The predicted molar refractivity (Wildman–Crippen MR) is 63.3 cm³/mol. The molecule has 1 saturated heterocycles. The van der Waals surface area contributed by atoms with Crippen molar-refractivity contribution in [3.8, 4) is 0 Å². The third-order valence-corrected chi connectivity index (χ3v) is 4.41. The lowest BCUT2D eigenvalue weighted by atomic mass is 10.1. The molecule has 1 aromatic carbocycles. The molecule has 4 nitrogen and oxygen atoms in total. The second-order valence-corrected chi connectivity index (χ2v) is 6.42. The van der Waals surface area contributed by atoms with Gasteiger partial charge in [0.05, 0.1) is 23.7 Å². The Balaban J connectivity index is 2.11. The molecular formula is C11H15NO3S. The van der Waals surface area contributed by atoms with Crippen molar-refractivity contribution in [1.82, 2.24) is 0 Å². The highest BCUT2D eigenvalue weighted by Gasteiger charge is 2.36. The Morgan fingerprint density at radius 2 is 2.12 bits per heavy atom. The summed E-state index contributed by atoms with van der Waals surface area (Å²) in [5.41, 5.74) is 1.95. The summed E-state index contributed by atoms with van der Waals surface area (Å²) in [7, 11) is -3.09. The Bertz CT molecular complexity index is 484. The van der Waals surface area contributed by atoms with E-state index in [4.69, 9.17) is 0 Å². The minimum Gasteiger partial charge on any atom is -0.390 e. The number of sulfone groups is 1. The Hall–Kier alpha value is -1.07. The Kier molecular flexibility index (Phi) is 2.90. The SMILES string of the molecule is Cc1cccc(N[C@H]2CS(=O)(=O)C[C@H]2O)c1. The van der Waals surface area contributed by atoms with Crippen molar-refractivity contribution in [2.45, 2.75) is 19.1 Å². The zero-order valence-electron chi connectivity index (χ0n) is 9.05. The van der Waals surface area contributed by atoms with E-state index < -0.39 is 22.0 Å². The molecule has 0 aromatic heterocycles. The fraction of sp³-hybridized carbons (Fsp3) is 0.455. The fourth-order valence-corrected chi connectivity index (χ4v) is 3.66. The number of hydrogen-bond acceptors (Lipinski definition) is 4. The first-order chi connectivity index (χ1) is 7.46. The number of rotatable bonds is 2. The molecule has 1 aromatic rings. The Morgan fingerprint density at radius 1 is 1.38 bits per heavy atom. The molecule has 2 rings (SSSR count). The standard InChI is InChI=1S/C11H15NO3S/c1-8-3-2-4-9(5-8)12-10-6-16(14,15)7-11(10)13/h2-5,10-13H,6-7H2,1H3/t10-,11+/m0/s1. The first-order valence-corrected chi connectivity index (χ1v) is 7.00. The van der Waals surface area contributed by atoms with E-state index in [1.807, 2.05) is 31.2 Å². The van der Waals surface area contributed by atoms with Crippen molar-refractivity contribution in [2.24, 2.45) is 0 Å². The van der Waals surface area contributed by atoms with E-state index in [1.54, 1.807) is 0 Å². The molecule has 1 aliphatic rings. The molecule has 0 spiro atoms. The summed E-state index contributed by atoms with van der Waals surface area (Å²) >= 11 is 0. The molecular weight excluding hydrogens is 226 g/mol. The van der Waals surface area contributed by atoms with Crippen LogP contribution in [0.2, 0.25) is 0 Å². The van der Waals surface area contributed by atoms with Gasteiger partial charge in [0.1, 0.15) is 0 Å². The number of anilines is 1. The van der Waals surface area contributed by atoms with Crippen LogP contribution in [-0.2, 0) is 9.84 Å². The zero-order valence-corrected chi connectivity index (χ0v) is 9.87. The van der Waals surface area contributed by atoms with Gasteiger partial charge in [0, 0.05) is 5.69 Å². The summed E-state index contributed by atoms with van der Waals surface area (Å²) in [4.78, 5) is 0. The summed E-state index contributed by atoms with van der Waals surface area (Å²) in [6, 6.07) is 7.26. The van der Waals surface area contributed by atoms with Crippen molar-refractivity contribution >= 4 is 15.5 Å². The largest absolute Gasteiger partial charge is 0.390 e. The Morgan fingerprint density at radius 3 is 2.69 bits per heavy atom. The van der Waals surface area contributed by atoms with Gasteiger partial charge in [-0.2, -0.15) is 0 Å². The minimum absolute atomic E-state index is 0.00209. The number of aliphatic hydroxyl groups excluding tert-OH is 1. The van der Waals surface area contributed by atoms with Gasteiger partial charge in [-0.1, -0.05) is 12.1 Å². The van der Waals surface area contributed by atoms with E-state index in [1.165, 1.54) is 0 Å². The van der Waals surface area contributed by atoms with Crippen LogP contribution in [0.1, 0.15) is 5.56 Å². The van der Waals surface area contributed by atoms with Crippen LogP contribution in [0, 0.1) is 6.92 Å². The van der Waals surface area contributed by atoms with E-state index >= 15 is 0 Å². The van der Waals surface area contributed by atoms with Gasteiger partial charge < -0.3 is 10.4 Å². The van der Waals surface area contributed by atoms with Gasteiger partial charge in [-0.3, -0.25) is 0 Å². The molecule has 0 saturated carbocycles. The van der Waals surface area contributed by atoms with Crippen LogP contribution in [0.4, 0.5) is 5.69 Å². The molecule has 2 N–H and O–H groups in total. The van der Waals surface area contributed by atoms with Crippen LogP contribution >= 0.6 is 0 Å². The summed E-state index contributed by atoms with van der Waals surface area (Å²) < 4.78 is 22.6. The molecule has 0 aliphatic carbocycles. The van der Waals surface area contributed by atoms with Crippen LogP contribution in [0.3, 0.4) is 0 Å². The molecule has 1 aliphatic heterocycles. The van der Waals surface area contributed by atoms with Gasteiger partial charge in [-0.15, -0.1) is 0 Å². The smallest absolute Gasteiger partial charge is 0.155 e. The number of aryl methyl sites for hydroxylation is 1. The van der Waals surface area contributed by atoms with Crippen LogP contribution < -0.4 is 5.32 Å². The summed E-state index contributed by atoms with van der Waals surface area (Å²) in [5, 5.41) is 12.7. The molecule has 0 unspecified atom stereocenters. The monoisotopic (exact) mass is 241 g/mol. The van der Waals surface area contributed by atoms with E-state index in [0.29, 0.717) is 0 Å². The van der Waals surface area contributed by atoms with E-state index in [2.05, 4.69) is 5.32 Å². The van der Waals surface area contributed by atoms with Crippen LogP contribution in [0.15, 0.2) is 24.3 Å². The van der Waals surface area contributed by atoms with Crippen molar-refractivity contribution < 1.29 is 13.5 Å². The number of benzene rings is 1. The van der Waals surface area contributed by atoms with Gasteiger partial charge in [0.25, 0.3) is 0 Å². The van der Waals surface area contributed by atoms with Gasteiger partial charge >= 0.3 is 0 Å². The maximum absolute atomic E-state index is 11.3. The molecule has 88 valence electrons. The topological polar surface area (TPSA) is 66.4 Å². The number of aliphatic hydroxyl groups is 1.